The maximum Gasteiger partial charge on any atom is 0.156 e. The lowest BCUT2D eigenvalue weighted by Gasteiger charge is -1.92. The van der Waals surface area contributed by atoms with Crippen LogP contribution in [0.2, 0.25) is 5.02 Å². The van der Waals surface area contributed by atoms with E-state index < -0.39 is 0 Å². The number of rotatable bonds is 1. The third-order valence-electron chi connectivity index (χ3n) is 1.76. The summed E-state index contributed by atoms with van der Waals surface area (Å²) < 4.78 is 15.2. The van der Waals surface area contributed by atoms with Crippen molar-refractivity contribution in [3.63, 3.8) is 0 Å². The predicted octanol–water partition coefficient (Wildman–Crippen LogP) is 4.42. The minimum absolute atomic E-state index is 0.182. The van der Waals surface area contributed by atoms with Crippen LogP contribution in [-0.4, -0.2) is 6.26 Å². The number of hydrogen-bond donors (Lipinski definition) is 0. The maximum absolute atomic E-state index is 13.6. The Hall–Kier alpha value is -0.250. The summed E-state index contributed by atoms with van der Waals surface area (Å²) in [5, 5.41) is 1.05. The van der Waals surface area contributed by atoms with Gasteiger partial charge in [0.2, 0.25) is 0 Å². The third kappa shape index (κ3) is 1.45. The lowest BCUT2D eigenvalue weighted by molar-refractivity contribution is 0.623. The number of fused-ring (bicyclic) bond motifs is 1. The van der Waals surface area contributed by atoms with Gasteiger partial charge in [-0.2, -0.15) is 0 Å². The second kappa shape index (κ2) is 3.48. The maximum atomic E-state index is 13.6. The molecule has 1 heterocycles. The van der Waals surface area contributed by atoms with E-state index in [1.54, 1.807) is 6.07 Å². The Labute approximate surface area is 88.7 Å². The van der Waals surface area contributed by atoms with Crippen molar-refractivity contribution < 1.29 is 4.39 Å². The number of thiophene rings is 1. The van der Waals surface area contributed by atoms with E-state index >= 15 is 0 Å². The van der Waals surface area contributed by atoms with Crippen LogP contribution >= 0.6 is 34.7 Å². The molecule has 0 saturated heterocycles. The van der Waals surface area contributed by atoms with Crippen molar-refractivity contribution in [2.75, 3.05) is 6.26 Å². The van der Waals surface area contributed by atoms with Gasteiger partial charge in [0.05, 0.1) is 9.23 Å². The Bertz CT molecular complexity index is 450. The first-order chi connectivity index (χ1) is 6.24. The summed E-state index contributed by atoms with van der Waals surface area (Å²) in [6.07, 6.45) is 1.86. The van der Waals surface area contributed by atoms with Gasteiger partial charge in [-0.3, -0.25) is 0 Å². The third-order valence-corrected chi connectivity index (χ3v) is 4.30. The van der Waals surface area contributed by atoms with Gasteiger partial charge in [0.25, 0.3) is 0 Å². The van der Waals surface area contributed by atoms with Gasteiger partial charge < -0.3 is 0 Å². The van der Waals surface area contributed by atoms with Crippen LogP contribution in [0.1, 0.15) is 0 Å². The van der Waals surface area contributed by atoms with Crippen LogP contribution in [0.5, 0.6) is 0 Å². The molecular formula is C9H6ClFS2. The van der Waals surface area contributed by atoms with Gasteiger partial charge in [-0.25, -0.2) is 4.39 Å². The average Bonchev–Trinajstić information content (AvgIpc) is 2.44. The first-order valence-corrected chi connectivity index (χ1v) is 6.06. The van der Waals surface area contributed by atoms with Crippen molar-refractivity contribution >= 4 is 44.8 Å². The van der Waals surface area contributed by atoms with E-state index in [-0.39, 0.29) is 5.82 Å². The van der Waals surface area contributed by atoms with Gasteiger partial charge >= 0.3 is 0 Å². The fraction of sp³-hybridized carbons (Fsp3) is 0.111. The van der Waals surface area contributed by atoms with Crippen molar-refractivity contribution in [1.82, 2.24) is 0 Å². The fourth-order valence-electron chi connectivity index (χ4n) is 1.18. The van der Waals surface area contributed by atoms with E-state index in [9.17, 15) is 4.39 Å². The molecule has 1 aromatic heterocycles. The number of thioether (sulfide) groups is 1. The number of hydrogen-bond acceptors (Lipinski definition) is 2. The van der Waals surface area contributed by atoms with Gasteiger partial charge in [0.1, 0.15) is 0 Å². The molecule has 2 rings (SSSR count). The van der Waals surface area contributed by atoms with Crippen LogP contribution in [0, 0.1) is 5.82 Å². The van der Waals surface area contributed by atoms with Crippen LogP contribution in [0.3, 0.4) is 0 Å². The summed E-state index contributed by atoms with van der Waals surface area (Å²) in [4.78, 5) is 0. The van der Waals surface area contributed by atoms with E-state index in [1.807, 2.05) is 18.4 Å². The minimum atomic E-state index is -0.182. The lowest BCUT2D eigenvalue weighted by atomic mass is 10.2. The summed E-state index contributed by atoms with van der Waals surface area (Å²) in [6, 6.07) is 5.43. The zero-order chi connectivity index (χ0) is 9.42. The smallest absolute Gasteiger partial charge is 0.156 e. The summed E-state index contributed by atoms with van der Waals surface area (Å²) >= 11 is 8.75. The Balaban J connectivity index is 2.85. The predicted molar refractivity (Wildman–Crippen MR) is 58.6 cm³/mol. The van der Waals surface area contributed by atoms with Crippen molar-refractivity contribution in [2.45, 2.75) is 4.21 Å². The van der Waals surface area contributed by atoms with Crippen molar-refractivity contribution in [2.24, 2.45) is 0 Å². The number of benzene rings is 1. The Morgan fingerprint density at radius 1 is 1.46 bits per heavy atom. The summed E-state index contributed by atoms with van der Waals surface area (Å²) in [5.41, 5.74) is 0. The molecule has 1 aromatic carbocycles. The summed E-state index contributed by atoms with van der Waals surface area (Å²) in [6.45, 7) is 0. The first-order valence-electron chi connectivity index (χ1n) is 3.64. The minimum Gasteiger partial charge on any atom is -0.204 e. The largest absolute Gasteiger partial charge is 0.204 e. The highest BCUT2D eigenvalue weighted by Gasteiger charge is 2.13. The highest BCUT2D eigenvalue weighted by molar-refractivity contribution is 8.00. The van der Waals surface area contributed by atoms with E-state index in [4.69, 9.17) is 11.6 Å². The fourth-order valence-corrected chi connectivity index (χ4v) is 3.22. The average molecular weight is 233 g/mol. The molecule has 13 heavy (non-hydrogen) atoms. The standard InChI is InChI=1S/C9H6ClFS2/c1-12-9-8(11)7-5(10)3-2-4-6(7)13-9/h2-4H,1H3. The second-order valence-electron chi connectivity index (χ2n) is 2.52. The number of halogens is 2. The second-order valence-corrected chi connectivity index (χ2v) is 5.05. The van der Waals surface area contributed by atoms with Crippen LogP contribution < -0.4 is 0 Å². The molecule has 0 nitrogen and oxygen atoms in total. The van der Waals surface area contributed by atoms with E-state index in [1.165, 1.54) is 23.1 Å². The summed E-state index contributed by atoms with van der Waals surface area (Å²) in [7, 11) is 0. The molecule has 4 heteroatoms. The lowest BCUT2D eigenvalue weighted by Crippen LogP contribution is -1.72. The van der Waals surface area contributed by atoms with Crippen molar-refractivity contribution in [3.8, 4) is 0 Å². The van der Waals surface area contributed by atoms with Crippen LogP contribution in [-0.2, 0) is 0 Å². The molecule has 0 amide bonds. The molecule has 0 radical (unpaired) electrons. The van der Waals surface area contributed by atoms with Gasteiger partial charge in [0, 0.05) is 10.1 Å². The van der Waals surface area contributed by atoms with Crippen molar-refractivity contribution in [1.29, 1.82) is 0 Å². The Kier molecular flexibility index (Phi) is 2.49. The SMILES string of the molecule is CSc1sc2cccc(Cl)c2c1F. The zero-order valence-electron chi connectivity index (χ0n) is 6.80. The summed E-state index contributed by atoms with van der Waals surface area (Å²) in [5.74, 6) is -0.182. The molecule has 0 atom stereocenters. The molecule has 68 valence electrons. The van der Waals surface area contributed by atoms with Gasteiger partial charge in [0.15, 0.2) is 5.82 Å². The highest BCUT2D eigenvalue weighted by atomic mass is 35.5. The normalized spacial score (nSPS) is 11.0. The van der Waals surface area contributed by atoms with E-state index in [0.717, 1.165) is 4.70 Å². The topological polar surface area (TPSA) is 0 Å². The highest BCUT2D eigenvalue weighted by Crippen LogP contribution is 2.38. The molecule has 0 aliphatic rings. The van der Waals surface area contributed by atoms with Crippen LogP contribution in [0.4, 0.5) is 4.39 Å². The molecule has 0 fully saturated rings. The van der Waals surface area contributed by atoms with Gasteiger partial charge in [-0.15, -0.1) is 23.1 Å². The van der Waals surface area contributed by atoms with Crippen LogP contribution in [0.15, 0.2) is 22.4 Å². The molecule has 0 aliphatic carbocycles. The van der Waals surface area contributed by atoms with Crippen LogP contribution in [0.25, 0.3) is 10.1 Å². The molecule has 0 bridgehead atoms. The Morgan fingerprint density at radius 3 is 2.85 bits per heavy atom. The van der Waals surface area contributed by atoms with E-state index in [0.29, 0.717) is 14.6 Å². The van der Waals surface area contributed by atoms with Gasteiger partial charge in [-0.05, 0) is 18.4 Å². The molecule has 0 unspecified atom stereocenters. The molecule has 0 N–H and O–H groups in total. The zero-order valence-corrected chi connectivity index (χ0v) is 9.19. The molecular weight excluding hydrogens is 227 g/mol. The van der Waals surface area contributed by atoms with Crippen molar-refractivity contribution in [3.05, 3.63) is 29.0 Å². The molecule has 0 spiro atoms. The first kappa shape index (κ1) is 9.31. The molecule has 0 saturated carbocycles. The van der Waals surface area contributed by atoms with Gasteiger partial charge in [-0.1, -0.05) is 17.7 Å². The Morgan fingerprint density at radius 2 is 2.23 bits per heavy atom. The molecule has 0 aliphatic heterocycles. The molecule has 2 aromatic rings. The van der Waals surface area contributed by atoms with E-state index in [2.05, 4.69) is 0 Å². The quantitative estimate of drug-likeness (QED) is 0.656. The monoisotopic (exact) mass is 232 g/mol.